The molecule has 1 fully saturated rings. The van der Waals surface area contributed by atoms with Crippen molar-refractivity contribution in [2.24, 2.45) is 5.92 Å². The Morgan fingerprint density at radius 2 is 1.91 bits per heavy atom. The Kier molecular flexibility index (Phi) is 5.83. The summed E-state index contributed by atoms with van der Waals surface area (Å²) in [6.45, 7) is 2.66. The first kappa shape index (κ1) is 22.7. The molecule has 0 bridgehead atoms. The number of carbonyl (C=O) groups excluding carboxylic acids is 1. The molecule has 5 rings (SSSR count). The van der Waals surface area contributed by atoms with E-state index in [4.69, 9.17) is 9.26 Å². The lowest BCUT2D eigenvalue weighted by atomic mass is 9.97. The second kappa shape index (κ2) is 8.96. The average molecular weight is 487 g/mol. The maximum absolute atomic E-state index is 13.1. The zero-order valence-corrected chi connectivity index (χ0v) is 18.6. The van der Waals surface area contributed by atoms with Crippen molar-refractivity contribution in [1.82, 2.24) is 30.0 Å². The zero-order chi connectivity index (χ0) is 24.6. The molecule has 1 aliphatic rings. The van der Waals surface area contributed by atoms with Crippen LogP contribution in [0.4, 0.5) is 19.0 Å². The highest BCUT2D eigenvalue weighted by Crippen LogP contribution is 2.29. The van der Waals surface area contributed by atoms with Gasteiger partial charge in [0, 0.05) is 18.7 Å². The van der Waals surface area contributed by atoms with Crippen molar-refractivity contribution in [1.29, 1.82) is 0 Å². The van der Waals surface area contributed by atoms with Gasteiger partial charge in [0.15, 0.2) is 12.3 Å². The van der Waals surface area contributed by atoms with Crippen molar-refractivity contribution >= 4 is 17.4 Å². The van der Waals surface area contributed by atoms with Gasteiger partial charge in [0.05, 0.1) is 5.92 Å². The number of hydrogen-bond donors (Lipinski definition) is 0. The highest BCUT2D eigenvalue weighted by molar-refractivity contribution is 5.72. The number of ether oxygens (including phenoxy) is 1. The Hall–Kier alpha value is -4.03. The lowest BCUT2D eigenvalue weighted by Crippen LogP contribution is -2.37. The maximum atomic E-state index is 13.1. The standard InChI is InChI=1S/C22H20F3N7O3/c1-13-4-2-3-5-15(13)19-26-18(35-30-19)12-34-20(33)14-8-10-31(11-9-14)17-7-6-16-27-28-21(22(23,24)25)32(16)29-17/h2-7,14H,8-12H2,1H3. The quantitative estimate of drug-likeness (QED) is 0.391. The number of hydrogen-bond acceptors (Lipinski definition) is 9. The summed E-state index contributed by atoms with van der Waals surface area (Å²) in [6, 6.07) is 10.6. The van der Waals surface area contributed by atoms with E-state index in [0.717, 1.165) is 11.1 Å². The molecule has 0 spiro atoms. The van der Waals surface area contributed by atoms with Crippen LogP contribution in [0.5, 0.6) is 0 Å². The molecule has 3 aromatic heterocycles. The topological polar surface area (TPSA) is 112 Å². The van der Waals surface area contributed by atoms with Crippen LogP contribution in [0.25, 0.3) is 17.0 Å². The fraction of sp³-hybridized carbons (Fsp3) is 0.364. The molecular formula is C22H20F3N7O3. The SMILES string of the molecule is Cc1ccccc1-c1noc(COC(=O)C2CCN(c3ccc4nnc(C(F)(F)F)n4n3)CC2)n1. The second-order valence-electron chi connectivity index (χ2n) is 8.18. The Labute approximate surface area is 196 Å². The minimum Gasteiger partial charge on any atom is -0.455 e. The molecule has 0 atom stereocenters. The van der Waals surface area contributed by atoms with Crippen LogP contribution in [0, 0.1) is 12.8 Å². The van der Waals surface area contributed by atoms with Crippen molar-refractivity contribution in [3.63, 3.8) is 0 Å². The van der Waals surface area contributed by atoms with Crippen molar-refractivity contribution in [2.75, 3.05) is 18.0 Å². The molecular weight excluding hydrogens is 467 g/mol. The van der Waals surface area contributed by atoms with Crippen molar-refractivity contribution in [2.45, 2.75) is 32.5 Å². The lowest BCUT2D eigenvalue weighted by molar-refractivity contribution is -0.151. The molecule has 0 saturated carbocycles. The third-order valence-corrected chi connectivity index (χ3v) is 5.85. The molecule has 1 aliphatic heterocycles. The van der Waals surface area contributed by atoms with Crippen LogP contribution < -0.4 is 4.90 Å². The zero-order valence-electron chi connectivity index (χ0n) is 18.6. The van der Waals surface area contributed by atoms with Crippen molar-refractivity contribution in [3.8, 4) is 11.4 Å². The number of aryl methyl sites for hydroxylation is 1. The van der Waals surface area contributed by atoms with Gasteiger partial charge in [0.25, 0.3) is 11.7 Å². The van der Waals surface area contributed by atoms with Gasteiger partial charge in [-0.15, -0.1) is 15.3 Å². The maximum Gasteiger partial charge on any atom is 0.453 e. The van der Waals surface area contributed by atoms with Crippen molar-refractivity contribution in [3.05, 3.63) is 53.7 Å². The van der Waals surface area contributed by atoms with E-state index in [9.17, 15) is 18.0 Å². The molecule has 0 unspecified atom stereocenters. The molecule has 13 heteroatoms. The van der Waals surface area contributed by atoms with E-state index in [0.29, 0.717) is 42.1 Å². The smallest absolute Gasteiger partial charge is 0.453 e. The van der Waals surface area contributed by atoms with E-state index < -0.39 is 12.0 Å². The molecule has 0 amide bonds. The molecule has 182 valence electrons. The Morgan fingerprint density at radius 3 is 2.66 bits per heavy atom. The Balaban J connectivity index is 1.17. The predicted octanol–water partition coefficient (Wildman–Crippen LogP) is 3.46. The number of piperidine rings is 1. The Bertz CT molecular complexity index is 1360. The molecule has 1 saturated heterocycles. The van der Waals surface area contributed by atoms with Crippen LogP contribution in [0.3, 0.4) is 0 Å². The normalized spacial score (nSPS) is 15.0. The van der Waals surface area contributed by atoms with E-state index in [-0.39, 0.29) is 30.0 Å². The number of halogens is 3. The molecule has 0 aliphatic carbocycles. The minimum absolute atomic E-state index is 0.00569. The minimum atomic E-state index is -4.67. The van der Waals surface area contributed by atoms with E-state index in [1.54, 1.807) is 6.07 Å². The van der Waals surface area contributed by atoms with Gasteiger partial charge < -0.3 is 14.2 Å². The molecule has 35 heavy (non-hydrogen) atoms. The molecule has 10 nitrogen and oxygen atoms in total. The van der Waals surface area contributed by atoms with Crippen LogP contribution in [-0.2, 0) is 22.3 Å². The lowest BCUT2D eigenvalue weighted by Gasteiger charge is -2.31. The average Bonchev–Trinajstić information content (AvgIpc) is 3.49. The molecule has 0 N–H and O–H groups in total. The summed E-state index contributed by atoms with van der Waals surface area (Å²) in [7, 11) is 0. The van der Waals surface area contributed by atoms with Gasteiger partial charge in [-0.25, -0.2) is 0 Å². The summed E-state index contributed by atoms with van der Waals surface area (Å²) in [6.07, 6.45) is -3.74. The number of esters is 1. The fourth-order valence-electron chi connectivity index (χ4n) is 3.97. The number of carbonyl (C=O) groups is 1. The van der Waals surface area contributed by atoms with Gasteiger partial charge in [0.2, 0.25) is 5.82 Å². The monoisotopic (exact) mass is 487 g/mol. The predicted molar refractivity (Wildman–Crippen MR) is 115 cm³/mol. The summed E-state index contributed by atoms with van der Waals surface area (Å²) < 4.78 is 50.6. The second-order valence-corrected chi connectivity index (χ2v) is 8.18. The summed E-state index contributed by atoms with van der Waals surface area (Å²) in [5.41, 5.74) is 1.84. The van der Waals surface area contributed by atoms with E-state index in [2.05, 4.69) is 25.4 Å². The number of benzene rings is 1. The van der Waals surface area contributed by atoms with Gasteiger partial charge in [-0.05, 0) is 37.5 Å². The van der Waals surface area contributed by atoms with E-state index >= 15 is 0 Å². The van der Waals surface area contributed by atoms with Gasteiger partial charge in [-0.3, -0.25) is 4.79 Å². The van der Waals surface area contributed by atoms with E-state index in [1.165, 1.54) is 6.07 Å². The van der Waals surface area contributed by atoms with Gasteiger partial charge >= 0.3 is 12.1 Å². The van der Waals surface area contributed by atoms with Crippen LogP contribution >= 0.6 is 0 Å². The first-order valence-corrected chi connectivity index (χ1v) is 10.9. The largest absolute Gasteiger partial charge is 0.455 e. The summed E-state index contributed by atoms with van der Waals surface area (Å²) in [4.78, 5) is 18.7. The van der Waals surface area contributed by atoms with Gasteiger partial charge in [0.1, 0.15) is 5.82 Å². The van der Waals surface area contributed by atoms with Gasteiger partial charge in [-0.2, -0.15) is 22.7 Å². The summed E-state index contributed by atoms with van der Waals surface area (Å²) >= 11 is 0. The first-order valence-electron chi connectivity index (χ1n) is 10.9. The molecule has 4 heterocycles. The summed E-state index contributed by atoms with van der Waals surface area (Å²) in [5, 5.41) is 14.7. The molecule has 4 aromatic rings. The third-order valence-electron chi connectivity index (χ3n) is 5.85. The number of fused-ring (bicyclic) bond motifs is 1. The van der Waals surface area contributed by atoms with Crippen LogP contribution in [0.1, 0.15) is 30.1 Å². The molecule has 0 radical (unpaired) electrons. The third kappa shape index (κ3) is 4.66. The van der Waals surface area contributed by atoms with Crippen LogP contribution in [0.15, 0.2) is 40.9 Å². The van der Waals surface area contributed by atoms with Gasteiger partial charge in [-0.1, -0.05) is 29.4 Å². The Morgan fingerprint density at radius 1 is 1.14 bits per heavy atom. The summed E-state index contributed by atoms with van der Waals surface area (Å²) in [5.74, 6) is -0.949. The van der Waals surface area contributed by atoms with E-state index in [1.807, 2.05) is 36.1 Å². The highest BCUT2D eigenvalue weighted by Gasteiger charge is 2.38. The number of anilines is 1. The van der Waals surface area contributed by atoms with Crippen LogP contribution in [-0.4, -0.2) is 49.0 Å². The van der Waals surface area contributed by atoms with Crippen LogP contribution in [0.2, 0.25) is 0 Å². The fourth-order valence-corrected chi connectivity index (χ4v) is 3.97. The number of rotatable bonds is 5. The highest BCUT2D eigenvalue weighted by atomic mass is 19.4. The molecule has 1 aromatic carbocycles. The number of alkyl halides is 3. The number of aromatic nitrogens is 6. The number of nitrogens with zero attached hydrogens (tertiary/aromatic N) is 7. The first-order chi connectivity index (χ1) is 16.8. The van der Waals surface area contributed by atoms with Crippen molar-refractivity contribution < 1.29 is 27.2 Å².